The molecule has 0 amide bonds. The Balaban J connectivity index is 2.07. The molecule has 68 valence electrons. The van der Waals surface area contributed by atoms with E-state index in [4.69, 9.17) is 4.74 Å². The third-order valence-electron chi connectivity index (χ3n) is 3.16. The van der Waals surface area contributed by atoms with Gasteiger partial charge in [0.2, 0.25) is 0 Å². The maximum Gasteiger partial charge on any atom is 0.0990 e. The van der Waals surface area contributed by atoms with Gasteiger partial charge in [-0.15, -0.1) is 0 Å². The van der Waals surface area contributed by atoms with E-state index in [0.29, 0.717) is 18.2 Å². The predicted molar refractivity (Wildman–Crippen MR) is 50.5 cm³/mol. The van der Waals surface area contributed by atoms with Crippen LogP contribution in [0.15, 0.2) is 24.3 Å². The minimum Gasteiger partial charge on any atom is -0.364 e. The Kier molecular flexibility index (Phi) is 1.49. The average Bonchev–Trinajstić information content (AvgIpc) is 2.75. The standard InChI is InChI=1S/C11H13NO/c1-12-9-6-10-7-4-2-3-5-8(7)11(9)13-10/h2-5,9-12H,6H2,1H3/t9-,10-,11-/m0/s1. The van der Waals surface area contributed by atoms with Crippen molar-refractivity contribution in [3.05, 3.63) is 35.4 Å². The van der Waals surface area contributed by atoms with Gasteiger partial charge >= 0.3 is 0 Å². The third kappa shape index (κ3) is 0.901. The van der Waals surface area contributed by atoms with Gasteiger partial charge in [0.1, 0.15) is 0 Å². The van der Waals surface area contributed by atoms with Crippen molar-refractivity contribution in [2.45, 2.75) is 24.7 Å². The zero-order chi connectivity index (χ0) is 8.84. The normalized spacial score (nSPS) is 35.0. The van der Waals surface area contributed by atoms with E-state index in [1.807, 2.05) is 7.05 Å². The number of nitrogens with one attached hydrogen (secondary N) is 1. The minimum atomic E-state index is 0.297. The van der Waals surface area contributed by atoms with Gasteiger partial charge in [0.15, 0.2) is 0 Å². The molecule has 1 fully saturated rings. The molecule has 0 aliphatic carbocycles. The molecule has 2 nitrogen and oxygen atoms in total. The van der Waals surface area contributed by atoms with Crippen LogP contribution >= 0.6 is 0 Å². The van der Waals surface area contributed by atoms with Gasteiger partial charge in [-0.3, -0.25) is 0 Å². The lowest BCUT2D eigenvalue weighted by Crippen LogP contribution is -2.29. The van der Waals surface area contributed by atoms with Crippen LogP contribution in [0.4, 0.5) is 0 Å². The Bertz CT molecular complexity index is 335. The lowest BCUT2D eigenvalue weighted by molar-refractivity contribution is 0.0654. The Morgan fingerprint density at radius 2 is 2.08 bits per heavy atom. The van der Waals surface area contributed by atoms with Gasteiger partial charge in [-0.2, -0.15) is 0 Å². The summed E-state index contributed by atoms with van der Waals surface area (Å²) in [6, 6.07) is 9.07. The highest BCUT2D eigenvalue weighted by Gasteiger charge is 2.43. The molecule has 2 heteroatoms. The van der Waals surface area contributed by atoms with Crippen molar-refractivity contribution in [1.82, 2.24) is 5.32 Å². The van der Waals surface area contributed by atoms with Gasteiger partial charge in [-0.05, 0) is 24.6 Å². The molecule has 2 heterocycles. The minimum absolute atomic E-state index is 0.297. The van der Waals surface area contributed by atoms with E-state index in [-0.39, 0.29) is 0 Å². The summed E-state index contributed by atoms with van der Waals surface area (Å²) >= 11 is 0. The van der Waals surface area contributed by atoms with Crippen molar-refractivity contribution >= 4 is 0 Å². The van der Waals surface area contributed by atoms with Gasteiger partial charge in [0.05, 0.1) is 12.2 Å². The van der Waals surface area contributed by atoms with Crippen LogP contribution in [0, 0.1) is 0 Å². The monoisotopic (exact) mass is 175 g/mol. The summed E-state index contributed by atoms with van der Waals surface area (Å²) in [7, 11) is 2.01. The van der Waals surface area contributed by atoms with E-state index in [1.165, 1.54) is 11.1 Å². The highest BCUT2D eigenvalue weighted by molar-refractivity contribution is 5.38. The molecule has 1 N–H and O–H groups in total. The summed E-state index contributed by atoms with van der Waals surface area (Å²) in [6.07, 6.45) is 1.77. The van der Waals surface area contributed by atoms with E-state index < -0.39 is 0 Å². The number of hydrogen-bond acceptors (Lipinski definition) is 2. The number of fused-ring (bicyclic) bond motifs is 5. The Hall–Kier alpha value is -0.860. The number of ether oxygens (including phenoxy) is 1. The molecule has 0 saturated carbocycles. The van der Waals surface area contributed by atoms with Crippen LogP contribution in [-0.2, 0) is 4.74 Å². The van der Waals surface area contributed by atoms with Gasteiger partial charge in [0.25, 0.3) is 0 Å². The van der Waals surface area contributed by atoms with E-state index >= 15 is 0 Å². The summed E-state index contributed by atoms with van der Waals surface area (Å²) < 4.78 is 5.88. The number of likely N-dealkylation sites (N-methyl/N-ethyl adjacent to an activating group) is 1. The first-order chi connectivity index (χ1) is 6.40. The van der Waals surface area contributed by atoms with Crippen LogP contribution in [0.1, 0.15) is 29.8 Å². The van der Waals surface area contributed by atoms with E-state index in [2.05, 4.69) is 29.6 Å². The molecular weight excluding hydrogens is 162 g/mol. The Morgan fingerprint density at radius 1 is 1.31 bits per heavy atom. The van der Waals surface area contributed by atoms with Crippen molar-refractivity contribution in [2.75, 3.05) is 7.05 Å². The first-order valence-electron chi connectivity index (χ1n) is 4.81. The topological polar surface area (TPSA) is 21.3 Å². The molecule has 13 heavy (non-hydrogen) atoms. The fourth-order valence-electron chi connectivity index (χ4n) is 2.50. The van der Waals surface area contributed by atoms with Crippen molar-refractivity contribution in [2.24, 2.45) is 0 Å². The number of benzene rings is 1. The van der Waals surface area contributed by atoms with E-state index in [1.54, 1.807) is 0 Å². The molecule has 2 bridgehead atoms. The lowest BCUT2D eigenvalue weighted by Gasteiger charge is -2.20. The first-order valence-corrected chi connectivity index (χ1v) is 4.81. The maximum atomic E-state index is 5.88. The van der Waals surface area contributed by atoms with Crippen LogP contribution in [-0.4, -0.2) is 13.1 Å². The molecule has 2 aliphatic heterocycles. The average molecular weight is 175 g/mol. The van der Waals surface area contributed by atoms with Crippen molar-refractivity contribution < 1.29 is 4.74 Å². The van der Waals surface area contributed by atoms with Gasteiger partial charge in [0, 0.05) is 6.04 Å². The van der Waals surface area contributed by atoms with Crippen molar-refractivity contribution in [1.29, 1.82) is 0 Å². The zero-order valence-corrected chi connectivity index (χ0v) is 7.66. The molecule has 0 radical (unpaired) electrons. The van der Waals surface area contributed by atoms with Crippen LogP contribution in [0.5, 0.6) is 0 Å². The Labute approximate surface area is 77.9 Å². The molecular formula is C11H13NO. The van der Waals surface area contributed by atoms with Crippen molar-refractivity contribution in [3.63, 3.8) is 0 Å². The van der Waals surface area contributed by atoms with Crippen LogP contribution in [0.2, 0.25) is 0 Å². The molecule has 0 aromatic heterocycles. The summed E-state index contributed by atoms with van der Waals surface area (Å²) in [6.45, 7) is 0. The van der Waals surface area contributed by atoms with Crippen molar-refractivity contribution in [3.8, 4) is 0 Å². The predicted octanol–water partition coefficient (Wildman–Crippen LogP) is 1.79. The molecule has 0 unspecified atom stereocenters. The quantitative estimate of drug-likeness (QED) is 0.702. The SMILES string of the molecule is CN[C@H]1C[C@@H]2O[C@H]1c1ccccc12. The summed E-state index contributed by atoms with van der Waals surface area (Å²) in [5.41, 5.74) is 2.79. The van der Waals surface area contributed by atoms with Crippen LogP contribution < -0.4 is 5.32 Å². The fourth-order valence-corrected chi connectivity index (χ4v) is 2.50. The molecule has 3 rings (SSSR count). The zero-order valence-electron chi connectivity index (χ0n) is 7.66. The smallest absolute Gasteiger partial charge is 0.0990 e. The first kappa shape index (κ1) is 7.54. The second kappa shape index (κ2) is 2.56. The molecule has 1 aromatic carbocycles. The lowest BCUT2D eigenvalue weighted by atomic mass is 9.88. The second-order valence-corrected chi connectivity index (χ2v) is 3.81. The van der Waals surface area contributed by atoms with E-state index in [9.17, 15) is 0 Å². The largest absolute Gasteiger partial charge is 0.364 e. The maximum absolute atomic E-state index is 5.88. The summed E-state index contributed by atoms with van der Waals surface area (Å²) in [5, 5.41) is 3.31. The summed E-state index contributed by atoms with van der Waals surface area (Å²) in [5.74, 6) is 0. The molecule has 1 saturated heterocycles. The molecule has 2 aliphatic rings. The summed E-state index contributed by atoms with van der Waals surface area (Å²) in [4.78, 5) is 0. The van der Waals surface area contributed by atoms with E-state index in [0.717, 1.165) is 6.42 Å². The molecule has 0 spiro atoms. The third-order valence-corrected chi connectivity index (χ3v) is 3.16. The number of hydrogen-bond donors (Lipinski definition) is 1. The Morgan fingerprint density at radius 3 is 2.85 bits per heavy atom. The highest BCUT2D eigenvalue weighted by atomic mass is 16.5. The second-order valence-electron chi connectivity index (χ2n) is 3.81. The van der Waals surface area contributed by atoms with Gasteiger partial charge < -0.3 is 10.1 Å². The van der Waals surface area contributed by atoms with Gasteiger partial charge in [-0.1, -0.05) is 24.3 Å². The van der Waals surface area contributed by atoms with Gasteiger partial charge in [-0.25, -0.2) is 0 Å². The molecule has 1 aromatic rings. The van der Waals surface area contributed by atoms with Crippen LogP contribution in [0.25, 0.3) is 0 Å². The van der Waals surface area contributed by atoms with Crippen LogP contribution in [0.3, 0.4) is 0 Å². The molecule has 3 atom stereocenters. The fraction of sp³-hybridized carbons (Fsp3) is 0.455. The number of rotatable bonds is 1. The highest BCUT2D eigenvalue weighted by Crippen LogP contribution is 2.50.